The summed E-state index contributed by atoms with van der Waals surface area (Å²) in [5.41, 5.74) is 0.944. The van der Waals surface area contributed by atoms with Crippen LogP contribution in [0.5, 0.6) is 0 Å². The summed E-state index contributed by atoms with van der Waals surface area (Å²) in [4.78, 5) is 24.3. The van der Waals surface area contributed by atoms with Crippen LogP contribution in [0.4, 0.5) is 4.79 Å². The Labute approximate surface area is 129 Å². The maximum Gasteiger partial charge on any atom is 0.317 e. The SMILES string of the molecule is CC(CCNC(=O)N(C)C(C)c1cccc(Cl)c1)C(=O)O. The maximum atomic E-state index is 12.0. The van der Waals surface area contributed by atoms with Gasteiger partial charge in [-0.25, -0.2) is 4.79 Å². The molecule has 1 aromatic carbocycles. The van der Waals surface area contributed by atoms with Gasteiger partial charge in [-0.05, 0) is 31.0 Å². The average molecular weight is 313 g/mol. The molecule has 0 fully saturated rings. The van der Waals surface area contributed by atoms with Crippen molar-refractivity contribution < 1.29 is 14.7 Å². The molecule has 0 spiro atoms. The number of nitrogens with one attached hydrogen (secondary N) is 1. The highest BCUT2D eigenvalue weighted by Gasteiger charge is 2.18. The molecule has 0 radical (unpaired) electrons. The molecule has 1 aromatic rings. The van der Waals surface area contributed by atoms with Crippen molar-refractivity contribution in [2.75, 3.05) is 13.6 Å². The number of carboxylic acids is 1. The fourth-order valence-electron chi connectivity index (χ4n) is 1.81. The van der Waals surface area contributed by atoms with Crippen LogP contribution in [-0.2, 0) is 4.79 Å². The van der Waals surface area contributed by atoms with Crippen LogP contribution in [0, 0.1) is 5.92 Å². The van der Waals surface area contributed by atoms with E-state index in [0.717, 1.165) is 5.56 Å². The molecule has 0 saturated heterocycles. The molecule has 2 amide bonds. The Bertz CT molecular complexity index is 507. The molecule has 0 aliphatic heterocycles. The summed E-state index contributed by atoms with van der Waals surface area (Å²) < 4.78 is 0. The Hall–Kier alpha value is -1.75. The van der Waals surface area contributed by atoms with Crippen LogP contribution in [0.1, 0.15) is 31.9 Å². The van der Waals surface area contributed by atoms with Crippen LogP contribution in [0.2, 0.25) is 5.02 Å². The molecule has 1 rings (SSSR count). The smallest absolute Gasteiger partial charge is 0.317 e. The lowest BCUT2D eigenvalue weighted by Crippen LogP contribution is -2.39. The van der Waals surface area contributed by atoms with Crippen molar-refractivity contribution in [1.82, 2.24) is 10.2 Å². The van der Waals surface area contributed by atoms with E-state index < -0.39 is 11.9 Å². The number of benzene rings is 1. The van der Waals surface area contributed by atoms with Crippen molar-refractivity contribution in [3.05, 3.63) is 34.9 Å². The summed E-state index contributed by atoms with van der Waals surface area (Å²) in [5.74, 6) is -1.33. The molecule has 5 nitrogen and oxygen atoms in total. The number of amides is 2. The summed E-state index contributed by atoms with van der Waals surface area (Å²) in [7, 11) is 1.70. The van der Waals surface area contributed by atoms with Gasteiger partial charge in [0, 0.05) is 18.6 Å². The number of urea groups is 1. The van der Waals surface area contributed by atoms with Gasteiger partial charge in [0.05, 0.1) is 12.0 Å². The van der Waals surface area contributed by atoms with E-state index in [0.29, 0.717) is 18.0 Å². The zero-order valence-electron chi connectivity index (χ0n) is 12.5. The fourth-order valence-corrected chi connectivity index (χ4v) is 2.01. The van der Waals surface area contributed by atoms with E-state index in [4.69, 9.17) is 16.7 Å². The summed E-state index contributed by atoms with van der Waals surface area (Å²) in [6.07, 6.45) is 0.403. The van der Waals surface area contributed by atoms with Crippen LogP contribution >= 0.6 is 11.6 Å². The van der Waals surface area contributed by atoms with Gasteiger partial charge in [-0.1, -0.05) is 30.7 Å². The minimum atomic E-state index is -0.857. The van der Waals surface area contributed by atoms with E-state index in [9.17, 15) is 9.59 Å². The number of hydrogen-bond donors (Lipinski definition) is 2. The number of carboxylic acid groups (broad SMARTS) is 1. The van der Waals surface area contributed by atoms with Crippen molar-refractivity contribution >= 4 is 23.6 Å². The van der Waals surface area contributed by atoms with Crippen LogP contribution in [0.15, 0.2) is 24.3 Å². The van der Waals surface area contributed by atoms with E-state index >= 15 is 0 Å². The van der Waals surface area contributed by atoms with E-state index in [1.165, 1.54) is 0 Å². The van der Waals surface area contributed by atoms with Crippen molar-refractivity contribution in [3.8, 4) is 0 Å². The highest BCUT2D eigenvalue weighted by Crippen LogP contribution is 2.21. The van der Waals surface area contributed by atoms with E-state index in [2.05, 4.69) is 5.32 Å². The van der Waals surface area contributed by atoms with Crippen LogP contribution in [-0.4, -0.2) is 35.6 Å². The van der Waals surface area contributed by atoms with Crippen LogP contribution in [0.3, 0.4) is 0 Å². The van der Waals surface area contributed by atoms with Gasteiger partial charge in [-0.3, -0.25) is 4.79 Å². The molecule has 116 valence electrons. The number of halogens is 1. The van der Waals surface area contributed by atoms with Gasteiger partial charge < -0.3 is 15.3 Å². The van der Waals surface area contributed by atoms with Gasteiger partial charge in [0.1, 0.15) is 0 Å². The second-order valence-corrected chi connectivity index (χ2v) is 5.54. The Balaban J connectivity index is 2.52. The average Bonchev–Trinajstić information content (AvgIpc) is 2.45. The van der Waals surface area contributed by atoms with E-state index in [-0.39, 0.29) is 12.1 Å². The monoisotopic (exact) mass is 312 g/mol. The molecule has 6 heteroatoms. The third-order valence-electron chi connectivity index (χ3n) is 3.51. The molecule has 0 aliphatic rings. The molecular weight excluding hydrogens is 292 g/mol. The van der Waals surface area contributed by atoms with Gasteiger partial charge in [0.2, 0.25) is 0 Å². The number of aliphatic carboxylic acids is 1. The molecule has 0 saturated carbocycles. The third kappa shape index (κ3) is 5.27. The Kier molecular flexibility index (Phi) is 6.49. The zero-order chi connectivity index (χ0) is 16.0. The Morgan fingerprint density at radius 3 is 2.62 bits per heavy atom. The van der Waals surface area contributed by atoms with Gasteiger partial charge in [0.25, 0.3) is 0 Å². The highest BCUT2D eigenvalue weighted by atomic mass is 35.5. The predicted molar refractivity (Wildman–Crippen MR) is 82.4 cm³/mol. The fraction of sp³-hybridized carbons (Fsp3) is 0.467. The normalized spacial score (nSPS) is 13.3. The summed E-state index contributed by atoms with van der Waals surface area (Å²) in [6, 6.07) is 7.00. The molecule has 0 aliphatic carbocycles. The first-order chi connectivity index (χ1) is 9.82. The number of rotatable bonds is 6. The molecular formula is C15H21ClN2O3. The molecule has 2 atom stereocenters. The van der Waals surface area contributed by atoms with Gasteiger partial charge in [0.15, 0.2) is 0 Å². The van der Waals surface area contributed by atoms with Crippen LogP contribution in [0.25, 0.3) is 0 Å². The first kappa shape index (κ1) is 17.3. The second-order valence-electron chi connectivity index (χ2n) is 5.10. The van der Waals surface area contributed by atoms with Crippen LogP contribution < -0.4 is 5.32 Å². The van der Waals surface area contributed by atoms with Crippen molar-refractivity contribution in [2.24, 2.45) is 5.92 Å². The number of hydrogen-bond acceptors (Lipinski definition) is 2. The minimum absolute atomic E-state index is 0.124. The minimum Gasteiger partial charge on any atom is -0.481 e. The van der Waals surface area contributed by atoms with E-state index in [1.807, 2.05) is 25.1 Å². The second kappa shape index (κ2) is 7.88. The number of carbonyl (C=O) groups excluding carboxylic acids is 1. The van der Waals surface area contributed by atoms with Gasteiger partial charge in [-0.2, -0.15) is 0 Å². The standard InChI is InChI=1S/C15H21ClN2O3/c1-10(14(19)20)7-8-17-15(21)18(3)11(2)12-5-4-6-13(16)9-12/h4-6,9-11H,7-8H2,1-3H3,(H,17,21)(H,19,20). The maximum absolute atomic E-state index is 12.0. The lowest BCUT2D eigenvalue weighted by atomic mass is 10.1. The zero-order valence-corrected chi connectivity index (χ0v) is 13.2. The molecule has 2 N–H and O–H groups in total. The number of carbonyl (C=O) groups is 2. The number of nitrogens with zero attached hydrogens (tertiary/aromatic N) is 1. The lowest BCUT2D eigenvalue weighted by Gasteiger charge is -2.26. The summed E-state index contributed by atoms with van der Waals surface area (Å²) in [5, 5.41) is 12.1. The van der Waals surface area contributed by atoms with Gasteiger partial charge >= 0.3 is 12.0 Å². The Morgan fingerprint density at radius 2 is 2.05 bits per heavy atom. The first-order valence-electron chi connectivity index (χ1n) is 6.82. The third-order valence-corrected chi connectivity index (χ3v) is 3.74. The van der Waals surface area contributed by atoms with Crippen molar-refractivity contribution in [3.63, 3.8) is 0 Å². The molecule has 2 unspecified atom stereocenters. The molecule has 21 heavy (non-hydrogen) atoms. The summed E-state index contributed by atoms with van der Waals surface area (Å²) >= 11 is 5.95. The first-order valence-corrected chi connectivity index (χ1v) is 7.19. The summed E-state index contributed by atoms with van der Waals surface area (Å²) in [6.45, 7) is 3.86. The van der Waals surface area contributed by atoms with Gasteiger partial charge in [-0.15, -0.1) is 0 Å². The molecule has 0 aromatic heterocycles. The van der Waals surface area contributed by atoms with Crippen molar-refractivity contribution in [2.45, 2.75) is 26.3 Å². The predicted octanol–water partition coefficient (Wildman–Crippen LogP) is 3.15. The topological polar surface area (TPSA) is 69.6 Å². The lowest BCUT2D eigenvalue weighted by molar-refractivity contribution is -0.141. The van der Waals surface area contributed by atoms with E-state index in [1.54, 1.807) is 24.9 Å². The molecule has 0 heterocycles. The highest BCUT2D eigenvalue weighted by molar-refractivity contribution is 6.30. The molecule has 0 bridgehead atoms. The van der Waals surface area contributed by atoms with Crippen molar-refractivity contribution in [1.29, 1.82) is 0 Å². The quantitative estimate of drug-likeness (QED) is 0.847. The Morgan fingerprint density at radius 1 is 1.38 bits per heavy atom. The largest absolute Gasteiger partial charge is 0.481 e.